The van der Waals surface area contributed by atoms with Gasteiger partial charge in [0.15, 0.2) is 6.10 Å². The number of benzene rings is 1. The van der Waals surface area contributed by atoms with E-state index in [2.05, 4.69) is 0 Å². The maximum Gasteiger partial charge on any atom is 0.312 e. The van der Waals surface area contributed by atoms with E-state index < -0.39 is 6.10 Å². The van der Waals surface area contributed by atoms with Crippen molar-refractivity contribution in [2.45, 2.75) is 58.1 Å². The molecule has 4 saturated carbocycles. The van der Waals surface area contributed by atoms with E-state index in [9.17, 15) is 9.59 Å². The fraction of sp³-hybridized carbons (Fsp3) is 0.636. The van der Waals surface area contributed by atoms with Crippen LogP contribution < -0.4 is 0 Å². The Hall–Kier alpha value is -1.84. The number of hydrogen-bond donors (Lipinski definition) is 0. The molecule has 0 N–H and O–H groups in total. The first-order chi connectivity index (χ1) is 12.4. The minimum atomic E-state index is -0.718. The Kier molecular flexibility index (Phi) is 4.54. The summed E-state index contributed by atoms with van der Waals surface area (Å²) in [6.45, 7) is 2.24. The van der Waals surface area contributed by atoms with Crippen LogP contribution in [0.1, 0.15) is 51.0 Å². The molecular weight excluding hydrogens is 326 g/mol. The normalized spacial score (nSPS) is 32.9. The Morgan fingerprint density at radius 1 is 1.08 bits per heavy atom. The molecule has 0 spiro atoms. The van der Waals surface area contributed by atoms with Gasteiger partial charge in [-0.3, -0.25) is 9.59 Å². The lowest BCUT2D eigenvalue weighted by atomic mass is 9.49. The van der Waals surface area contributed by atoms with Crippen molar-refractivity contribution in [2.75, 3.05) is 7.05 Å². The van der Waals surface area contributed by atoms with E-state index in [1.165, 1.54) is 19.3 Å². The highest BCUT2D eigenvalue weighted by Gasteiger charge is 2.55. The first kappa shape index (κ1) is 17.6. The lowest BCUT2D eigenvalue weighted by Gasteiger charge is -2.55. The van der Waals surface area contributed by atoms with Crippen LogP contribution in [-0.4, -0.2) is 29.9 Å². The quantitative estimate of drug-likeness (QED) is 0.755. The van der Waals surface area contributed by atoms with Crippen LogP contribution in [-0.2, 0) is 20.9 Å². The summed E-state index contributed by atoms with van der Waals surface area (Å²) in [4.78, 5) is 27.3. The molecule has 0 aliphatic heterocycles. The molecule has 4 heteroatoms. The van der Waals surface area contributed by atoms with E-state index in [0.717, 1.165) is 24.8 Å². The molecule has 1 aromatic rings. The van der Waals surface area contributed by atoms with Crippen molar-refractivity contribution in [3.63, 3.8) is 0 Å². The molecular formula is C22H29NO3. The maximum atomic E-state index is 13.0. The topological polar surface area (TPSA) is 46.6 Å². The van der Waals surface area contributed by atoms with Gasteiger partial charge in [0.1, 0.15) is 0 Å². The van der Waals surface area contributed by atoms with Gasteiger partial charge in [-0.05, 0) is 68.8 Å². The minimum Gasteiger partial charge on any atom is -0.452 e. The summed E-state index contributed by atoms with van der Waals surface area (Å²) in [5.41, 5.74) is 0.768. The van der Waals surface area contributed by atoms with Gasteiger partial charge in [0.05, 0.1) is 5.41 Å². The van der Waals surface area contributed by atoms with Gasteiger partial charge < -0.3 is 9.64 Å². The molecule has 4 nitrogen and oxygen atoms in total. The van der Waals surface area contributed by atoms with Gasteiger partial charge in [0.25, 0.3) is 5.91 Å². The fourth-order valence-corrected chi connectivity index (χ4v) is 5.94. The van der Waals surface area contributed by atoms with Crippen LogP contribution in [0, 0.1) is 23.2 Å². The summed E-state index contributed by atoms with van der Waals surface area (Å²) in [7, 11) is 1.77. The van der Waals surface area contributed by atoms with Crippen molar-refractivity contribution < 1.29 is 14.3 Å². The summed E-state index contributed by atoms with van der Waals surface area (Å²) in [6, 6.07) is 9.88. The molecule has 4 aliphatic carbocycles. The SMILES string of the molecule is C[C@H](OC(=O)C12CC3CC(CC(C3)C1)C2)C(=O)N(C)Cc1ccccc1. The summed E-state index contributed by atoms with van der Waals surface area (Å²) in [5, 5.41) is 0. The molecule has 4 aliphatic rings. The number of carbonyl (C=O) groups is 2. The molecule has 140 valence electrons. The molecule has 26 heavy (non-hydrogen) atoms. The number of carbonyl (C=O) groups excluding carboxylic acids is 2. The molecule has 0 heterocycles. The summed E-state index contributed by atoms with van der Waals surface area (Å²) in [6.07, 6.45) is 6.07. The zero-order valence-corrected chi connectivity index (χ0v) is 15.8. The van der Waals surface area contributed by atoms with Gasteiger partial charge in [0, 0.05) is 13.6 Å². The van der Waals surface area contributed by atoms with Gasteiger partial charge in [-0.2, -0.15) is 0 Å². The van der Waals surface area contributed by atoms with Gasteiger partial charge >= 0.3 is 5.97 Å². The lowest BCUT2D eigenvalue weighted by Crippen LogP contribution is -2.51. The van der Waals surface area contributed by atoms with Crippen LogP contribution in [0.5, 0.6) is 0 Å². The van der Waals surface area contributed by atoms with Gasteiger partial charge in [-0.25, -0.2) is 0 Å². The van der Waals surface area contributed by atoms with Crippen molar-refractivity contribution >= 4 is 11.9 Å². The number of likely N-dealkylation sites (N-methyl/N-ethyl adjacent to an activating group) is 1. The predicted molar refractivity (Wildman–Crippen MR) is 99.1 cm³/mol. The monoisotopic (exact) mass is 355 g/mol. The molecule has 1 atom stereocenters. The number of rotatable bonds is 5. The maximum absolute atomic E-state index is 13.0. The second-order valence-electron chi connectivity index (χ2n) is 8.93. The first-order valence-corrected chi connectivity index (χ1v) is 9.95. The van der Waals surface area contributed by atoms with Gasteiger partial charge in [-0.15, -0.1) is 0 Å². The number of nitrogens with zero attached hydrogens (tertiary/aromatic N) is 1. The number of hydrogen-bond acceptors (Lipinski definition) is 3. The fourth-order valence-electron chi connectivity index (χ4n) is 5.94. The van der Waals surface area contributed by atoms with E-state index in [1.807, 2.05) is 30.3 Å². The molecule has 4 fully saturated rings. The van der Waals surface area contributed by atoms with Gasteiger partial charge in [-0.1, -0.05) is 30.3 Å². The largest absolute Gasteiger partial charge is 0.452 e. The first-order valence-electron chi connectivity index (χ1n) is 9.95. The van der Waals surface area contributed by atoms with Crippen LogP contribution >= 0.6 is 0 Å². The highest BCUT2D eigenvalue weighted by molar-refractivity contribution is 5.85. The van der Waals surface area contributed by atoms with Crippen LogP contribution in [0.3, 0.4) is 0 Å². The summed E-state index contributed by atoms with van der Waals surface area (Å²) in [5.74, 6) is 1.83. The van der Waals surface area contributed by atoms with Crippen LogP contribution in [0.25, 0.3) is 0 Å². The Balaban J connectivity index is 1.37. The average Bonchev–Trinajstić information content (AvgIpc) is 2.60. The zero-order valence-electron chi connectivity index (χ0n) is 15.8. The average molecular weight is 355 g/mol. The minimum absolute atomic E-state index is 0.120. The Bertz CT molecular complexity index is 649. The molecule has 0 radical (unpaired) electrons. The smallest absolute Gasteiger partial charge is 0.312 e. The molecule has 1 amide bonds. The molecule has 0 aromatic heterocycles. The standard InChI is InChI=1S/C22H29NO3/c1-15(20(24)23(2)14-16-6-4-3-5-7-16)26-21(25)22-11-17-8-18(12-22)10-19(9-17)13-22/h3-7,15,17-19H,8-14H2,1-2H3/t15-,17?,18?,19?,22?/m0/s1. The Morgan fingerprint density at radius 3 is 2.15 bits per heavy atom. The molecule has 4 bridgehead atoms. The second kappa shape index (κ2) is 6.71. The number of ether oxygens (including phenoxy) is 1. The molecule has 0 saturated heterocycles. The van der Waals surface area contributed by atoms with Crippen LogP contribution in [0.15, 0.2) is 30.3 Å². The van der Waals surface area contributed by atoms with E-state index in [0.29, 0.717) is 24.3 Å². The van der Waals surface area contributed by atoms with Gasteiger partial charge in [0.2, 0.25) is 0 Å². The van der Waals surface area contributed by atoms with Crippen molar-refractivity contribution in [1.82, 2.24) is 4.90 Å². The van der Waals surface area contributed by atoms with Crippen molar-refractivity contribution in [3.8, 4) is 0 Å². The third kappa shape index (κ3) is 3.26. The summed E-state index contributed by atoms with van der Waals surface area (Å²) >= 11 is 0. The zero-order chi connectivity index (χ0) is 18.3. The van der Waals surface area contributed by atoms with Crippen LogP contribution in [0.2, 0.25) is 0 Å². The second-order valence-corrected chi connectivity index (χ2v) is 8.93. The van der Waals surface area contributed by atoms with Crippen LogP contribution in [0.4, 0.5) is 0 Å². The van der Waals surface area contributed by atoms with E-state index >= 15 is 0 Å². The molecule has 1 aromatic carbocycles. The number of esters is 1. The Morgan fingerprint density at radius 2 is 1.62 bits per heavy atom. The van der Waals surface area contributed by atoms with Crippen molar-refractivity contribution in [1.29, 1.82) is 0 Å². The van der Waals surface area contributed by atoms with Crippen molar-refractivity contribution in [3.05, 3.63) is 35.9 Å². The third-order valence-corrected chi connectivity index (χ3v) is 6.74. The molecule has 5 rings (SSSR count). The predicted octanol–water partition coefficient (Wildman–Crippen LogP) is 3.79. The Labute approximate surface area is 155 Å². The third-order valence-electron chi connectivity index (χ3n) is 6.74. The van der Waals surface area contributed by atoms with E-state index in [-0.39, 0.29) is 17.3 Å². The highest BCUT2D eigenvalue weighted by atomic mass is 16.5. The lowest BCUT2D eigenvalue weighted by molar-refractivity contribution is -0.180. The molecule has 0 unspecified atom stereocenters. The van der Waals surface area contributed by atoms with Crippen molar-refractivity contribution in [2.24, 2.45) is 23.2 Å². The highest BCUT2D eigenvalue weighted by Crippen LogP contribution is 2.60. The summed E-state index contributed by atoms with van der Waals surface area (Å²) < 4.78 is 5.73. The number of amides is 1. The van der Waals surface area contributed by atoms with E-state index in [4.69, 9.17) is 4.74 Å². The van der Waals surface area contributed by atoms with E-state index in [1.54, 1.807) is 18.9 Å².